The summed E-state index contributed by atoms with van der Waals surface area (Å²) in [4.78, 5) is 16.4. The summed E-state index contributed by atoms with van der Waals surface area (Å²) in [5.41, 5.74) is 11.3. The number of nitrogens with two attached hydrogens (primary N) is 2. The molecule has 4 N–H and O–H groups in total. The molecule has 0 fully saturated rings. The smallest absolute Gasteiger partial charge is 0.351 e. The lowest BCUT2D eigenvalue weighted by Crippen LogP contribution is -2.30. The van der Waals surface area contributed by atoms with Crippen LogP contribution in [0.5, 0.6) is 0 Å². The van der Waals surface area contributed by atoms with Crippen molar-refractivity contribution < 1.29 is 4.79 Å². The maximum absolute atomic E-state index is 11.5. The highest BCUT2D eigenvalue weighted by Crippen LogP contribution is 2.13. The van der Waals surface area contributed by atoms with Gasteiger partial charge in [-0.1, -0.05) is 0 Å². The normalized spacial score (nSPS) is 14.4. The zero-order chi connectivity index (χ0) is 12.3. The minimum absolute atomic E-state index is 0.233. The Labute approximate surface area is 98.5 Å². The van der Waals surface area contributed by atoms with E-state index in [1.165, 1.54) is 4.90 Å². The van der Waals surface area contributed by atoms with Crippen molar-refractivity contribution in [2.75, 3.05) is 6.54 Å². The maximum Gasteiger partial charge on any atom is 0.351 e. The Bertz CT molecular complexity index is 494. The Morgan fingerprint density at radius 3 is 2.53 bits per heavy atom. The van der Waals surface area contributed by atoms with E-state index in [-0.39, 0.29) is 5.96 Å². The van der Waals surface area contributed by atoms with Crippen molar-refractivity contribution in [2.24, 2.45) is 16.5 Å². The van der Waals surface area contributed by atoms with Crippen molar-refractivity contribution >= 4 is 17.7 Å². The number of allylic oxidation sites excluding steroid dienone is 2. The molecule has 2 amide bonds. The number of aromatic nitrogens is 1. The van der Waals surface area contributed by atoms with Gasteiger partial charge in [0.1, 0.15) is 0 Å². The quantitative estimate of drug-likeness (QED) is 0.546. The number of guanidine groups is 1. The van der Waals surface area contributed by atoms with E-state index in [0.29, 0.717) is 6.54 Å². The van der Waals surface area contributed by atoms with E-state index in [1.807, 2.05) is 41.2 Å². The first-order chi connectivity index (χ1) is 8.16. The Balaban J connectivity index is 2.06. The summed E-state index contributed by atoms with van der Waals surface area (Å²) in [6.07, 6.45) is 9.27. The lowest BCUT2D eigenvalue weighted by Gasteiger charge is -2.18. The molecule has 1 aliphatic rings. The molecule has 0 unspecified atom stereocenters. The Morgan fingerprint density at radius 1 is 1.29 bits per heavy atom. The van der Waals surface area contributed by atoms with Crippen LogP contribution in [0.2, 0.25) is 0 Å². The molecule has 1 aliphatic heterocycles. The number of hydrogen-bond donors (Lipinski definition) is 2. The van der Waals surface area contributed by atoms with Gasteiger partial charge in [0.15, 0.2) is 5.96 Å². The average Bonchev–Trinajstić information content (AvgIpc) is 2.82. The number of urea groups is 1. The van der Waals surface area contributed by atoms with Crippen LogP contribution in [0.1, 0.15) is 0 Å². The van der Waals surface area contributed by atoms with Gasteiger partial charge in [-0.05, 0) is 24.3 Å². The highest BCUT2D eigenvalue weighted by molar-refractivity contribution is 5.91. The van der Waals surface area contributed by atoms with Gasteiger partial charge in [-0.3, -0.25) is 4.90 Å². The molecular weight excluding hydrogens is 218 g/mol. The molecule has 2 heterocycles. The van der Waals surface area contributed by atoms with E-state index in [9.17, 15) is 4.79 Å². The van der Waals surface area contributed by atoms with E-state index in [2.05, 4.69) is 4.99 Å². The molecule has 0 saturated carbocycles. The fourth-order valence-electron chi connectivity index (χ4n) is 1.50. The molecule has 1 aromatic rings. The number of carbonyl (C=O) groups excluding carboxylic acids is 1. The first kappa shape index (κ1) is 11.0. The van der Waals surface area contributed by atoms with Gasteiger partial charge < -0.3 is 16.0 Å². The van der Waals surface area contributed by atoms with Gasteiger partial charge in [-0.2, -0.15) is 4.99 Å². The van der Waals surface area contributed by atoms with Crippen molar-refractivity contribution in [3.63, 3.8) is 0 Å². The molecular formula is C11H13N5O. The standard InChI is InChI=1S/C11H13N5O/c12-10(13)14-11(17)16-7-3-9(4-8-16)15-5-1-2-6-15/h1-7H,8H2,(H4,12,13,14,17). The summed E-state index contributed by atoms with van der Waals surface area (Å²) >= 11 is 0. The van der Waals surface area contributed by atoms with Crippen LogP contribution in [0.15, 0.2) is 47.9 Å². The Hall–Kier alpha value is -2.50. The SMILES string of the molecule is NC(N)=NC(=O)N1C=CC(n2cccc2)=CC1. The van der Waals surface area contributed by atoms with Crippen molar-refractivity contribution in [3.05, 3.63) is 42.9 Å². The third-order valence-corrected chi connectivity index (χ3v) is 2.30. The summed E-state index contributed by atoms with van der Waals surface area (Å²) in [5, 5.41) is 0. The highest BCUT2D eigenvalue weighted by Gasteiger charge is 2.12. The van der Waals surface area contributed by atoms with Crippen molar-refractivity contribution in [1.82, 2.24) is 9.47 Å². The third kappa shape index (κ3) is 2.54. The van der Waals surface area contributed by atoms with Crippen molar-refractivity contribution in [2.45, 2.75) is 0 Å². The van der Waals surface area contributed by atoms with Crippen LogP contribution >= 0.6 is 0 Å². The number of aliphatic imine (C=N–C) groups is 1. The second-order valence-electron chi connectivity index (χ2n) is 3.51. The van der Waals surface area contributed by atoms with Gasteiger partial charge in [0.25, 0.3) is 0 Å². The molecule has 2 rings (SSSR count). The van der Waals surface area contributed by atoms with Gasteiger partial charge in [0, 0.05) is 30.8 Å². The summed E-state index contributed by atoms with van der Waals surface area (Å²) < 4.78 is 1.96. The van der Waals surface area contributed by atoms with Crippen molar-refractivity contribution in [1.29, 1.82) is 0 Å². The van der Waals surface area contributed by atoms with E-state index in [1.54, 1.807) is 6.20 Å². The zero-order valence-corrected chi connectivity index (χ0v) is 9.15. The van der Waals surface area contributed by atoms with Crippen LogP contribution in [-0.2, 0) is 0 Å². The largest absolute Gasteiger partial charge is 0.370 e. The van der Waals surface area contributed by atoms with Crippen molar-refractivity contribution in [3.8, 4) is 0 Å². The predicted octanol–water partition coefficient (Wildman–Crippen LogP) is 0.552. The molecule has 17 heavy (non-hydrogen) atoms. The second-order valence-corrected chi connectivity index (χ2v) is 3.51. The van der Waals surface area contributed by atoms with E-state index in [4.69, 9.17) is 11.5 Å². The number of hydrogen-bond acceptors (Lipinski definition) is 1. The first-order valence-corrected chi connectivity index (χ1v) is 5.09. The molecule has 0 aromatic carbocycles. The Kier molecular flexibility index (Phi) is 2.95. The summed E-state index contributed by atoms with van der Waals surface area (Å²) in [5.74, 6) is -0.233. The number of nitrogens with zero attached hydrogens (tertiary/aromatic N) is 3. The van der Waals surface area contributed by atoms with Crippen LogP contribution in [0.25, 0.3) is 5.70 Å². The number of carbonyl (C=O) groups is 1. The number of amides is 2. The number of rotatable bonds is 1. The van der Waals surface area contributed by atoms with E-state index < -0.39 is 6.03 Å². The summed E-state index contributed by atoms with van der Waals surface area (Å²) in [7, 11) is 0. The van der Waals surface area contributed by atoms with Crippen LogP contribution in [0, 0.1) is 0 Å². The molecule has 0 bridgehead atoms. The van der Waals surface area contributed by atoms with Gasteiger partial charge in [0.2, 0.25) is 0 Å². The second kappa shape index (κ2) is 4.56. The lowest BCUT2D eigenvalue weighted by molar-refractivity contribution is 0.228. The molecule has 6 heteroatoms. The fourth-order valence-corrected chi connectivity index (χ4v) is 1.50. The maximum atomic E-state index is 11.5. The molecule has 0 aliphatic carbocycles. The summed E-state index contributed by atoms with van der Waals surface area (Å²) in [6.45, 7) is 0.444. The third-order valence-electron chi connectivity index (χ3n) is 2.30. The Morgan fingerprint density at radius 2 is 2.00 bits per heavy atom. The molecule has 0 atom stereocenters. The molecule has 0 saturated heterocycles. The minimum atomic E-state index is -0.468. The molecule has 0 spiro atoms. The lowest BCUT2D eigenvalue weighted by atomic mass is 10.3. The average molecular weight is 231 g/mol. The zero-order valence-electron chi connectivity index (χ0n) is 9.15. The van der Waals surface area contributed by atoms with Crippen LogP contribution in [-0.4, -0.2) is 28.0 Å². The van der Waals surface area contributed by atoms with E-state index >= 15 is 0 Å². The molecule has 0 radical (unpaired) electrons. The van der Waals surface area contributed by atoms with Gasteiger partial charge in [0.05, 0.1) is 0 Å². The minimum Gasteiger partial charge on any atom is -0.370 e. The van der Waals surface area contributed by atoms with Crippen LogP contribution < -0.4 is 11.5 Å². The highest BCUT2D eigenvalue weighted by atomic mass is 16.2. The molecule has 1 aromatic heterocycles. The van der Waals surface area contributed by atoms with Crippen LogP contribution in [0.3, 0.4) is 0 Å². The fraction of sp³-hybridized carbons (Fsp3) is 0.0909. The van der Waals surface area contributed by atoms with Crippen LogP contribution in [0.4, 0.5) is 4.79 Å². The topological polar surface area (TPSA) is 89.6 Å². The van der Waals surface area contributed by atoms with Gasteiger partial charge >= 0.3 is 6.03 Å². The first-order valence-electron chi connectivity index (χ1n) is 5.09. The van der Waals surface area contributed by atoms with Gasteiger partial charge in [-0.25, -0.2) is 4.79 Å². The van der Waals surface area contributed by atoms with Gasteiger partial charge in [-0.15, -0.1) is 0 Å². The molecule has 6 nitrogen and oxygen atoms in total. The summed E-state index contributed by atoms with van der Waals surface area (Å²) in [6, 6.07) is 3.40. The molecule has 88 valence electrons. The van der Waals surface area contributed by atoms with E-state index in [0.717, 1.165) is 5.70 Å². The monoisotopic (exact) mass is 231 g/mol. The predicted molar refractivity (Wildman–Crippen MR) is 65.8 cm³/mol.